The van der Waals surface area contributed by atoms with E-state index in [-0.39, 0.29) is 6.03 Å². The van der Waals surface area contributed by atoms with Gasteiger partial charge in [-0.2, -0.15) is 0 Å². The summed E-state index contributed by atoms with van der Waals surface area (Å²) in [7, 11) is 1.63. The second kappa shape index (κ2) is 10.9. The van der Waals surface area contributed by atoms with E-state index < -0.39 is 0 Å². The smallest absolute Gasteiger partial charge is 0.326 e. The minimum atomic E-state index is -0.232. The number of nitrogens with one attached hydrogen (secondary N) is 1. The van der Waals surface area contributed by atoms with Crippen molar-refractivity contribution in [3.8, 4) is 17.2 Å². The van der Waals surface area contributed by atoms with Gasteiger partial charge in [-0.25, -0.2) is 4.79 Å². The summed E-state index contributed by atoms with van der Waals surface area (Å²) >= 11 is 0. The summed E-state index contributed by atoms with van der Waals surface area (Å²) < 4.78 is 16.2. The van der Waals surface area contributed by atoms with E-state index in [1.54, 1.807) is 12.0 Å². The topological polar surface area (TPSA) is 60.0 Å². The highest BCUT2D eigenvalue weighted by Gasteiger charge is 2.17. The van der Waals surface area contributed by atoms with Gasteiger partial charge in [0.15, 0.2) is 0 Å². The van der Waals surface area contributed by atoms with Gasteiger partial charge in [-0.1, -0.05) is 12.1 Å². The molecule has 0 saturated carbocycles. The third-order valence-corrected chi connectivity index (χ3v) is 4.62. The molecule has 3 rings (SSSR count). The van der Waals surface area contributed by atoms with Crippen LogP contribution < -0.4 is 24.4 Å². The van der Waals surface area contributed by atoms with Gasteiger partial charge in [0.05, 0.1) is 26.9 Å². The van der Waals surface area contributed by atoms with Crippen molar-refractivity contribution < 1.29 is 19.0 Å². The van der Waals surface area contributed by atoms with Gasteiger partial charge in [-0.3, -0.25) is 4.90 Å². The highest BCUT2D eigenvalue weighted by Crippen LogP contribution is 2.24. The van der Waals surface area contributed by atoms with E-state index in [1.165, 1.54) is 0 Å². The fourth-order valence-corrected chi connectivity index (χ4v) is 3.07. The molecule has 0 atom stereocenters. The SMILES string of the molecule is CCOc1ccc(NC(=O)N(Cc2ccc(OC)cc2)c2ccc(OCC)cc2)cc1. The summed E-state index contributed by atoms with van der Waals surface area (Å²) in [6.07, 6.45) is 0. The Kier molecular flexibility index (Phi) is 7.76. The Bertz CT molecular complexity index is 954. The Morgan fingerprint density at radius 1 is 0.774 bits per heavy atom. The van der Waals surface area contributed by atoms with Crippen molar-refractivity contribution in [2.45, 2.75) is 20.4 Å². The molecule has 6 nitrogen and oxygen atoms in total. The first kappa shape index (κ1) is 22.0. The number of rotatable bonds is 9. The van der Waals surface area contributed by atoms with Gasteiger partial charge in [-0.15, -0.1) is 0 Å². The third-order valence-electron chi connectivity index (χ3n) is 4.62. The summed E-state index contributed by atoms with van der Waals surface area (Å²) in [4.78, 5) is 14.9. The number of anilines is 2. The number of hydrogen-bond acceptors (Lipinski definition) is 4. The molecule has 162 valence electrons. The molecule has 0 aliphatic carbocycles. The number of carbonyl (C=O) groups is 1. The molecule has 6 heteroatoms. The Morgan fingerprint density at radius 3 is 1.81 bits per heavy atom. The molecule has 0 saturated heterocycles. The van der Waals surface area contributed by atoms with Crippen LogP contribution in [0.1, 0.15) is 19.4 Å². The lowest BCUT2D eigenvalue weighted by molar-refractivity contribution is 0.256. The maximum Gasteiger partial charge on any atom is 0.326 e. The highest BCUT2D eigenvalue weighted by atomic mass is 16.5. The first-order chi connectivity index (χ1) is 15.1. The van der Waals surface area contributed by atoms with E-state index >= 15 is 0 Å². The predicted molar refractivity (Wildman–Crippen MR) is 123 cm³/mol. The molecule has 0 unspecified atom stereocenters. The first-order valence-corrected chi connectivity index (χ1v) is 10.3. The molecule has 0 bridgehead atoms. The van der Waals surface area contributed by atoms with Crippen molar-refractivity contribution in [2.24, 2.45) is 0 Å². The third kappa shape index (κ3) is 6.15. The van der Waals surface area contributed by atoms with Gasteiger partial charge >= 0.3 is 6.03 Å². The van der Waals surface area contributed by atoms with Crippen molar-refractivity contribution in [3.63, 3.8) is 0 Å². The summed E-state index contributed by atoms with van der Waals surface area (Å²) in [5.41, 5.74) is 2.44. The number of urea groups is 1. The van der Waals surface area contributed by atoms with E-state index in [0.29, 0.717) is 25.4 Å². The van der Waals surface area contributed by atoms with Gasteiger partial charge < -0.3 is 19.5 Å². The molecular formula is C25H28N2O4. The monoisotopic (exact) mass is 420 g/mol. The highest BCUT2D eigenvalue weighted by molar-refractivity contribution is 6.01. The number of hydrogen-bond donors (Lipinski definition) is 1. The lowest BCUT2D eigenvalue weighted by Gasteiger charge is -2.24. The molecule has 2 amide bonds. The van der Waals surface area contributed by atoms with E-state index in [9.17, 15) is 4.79 Å². The van der Waals surface area contributed by atoms with Crippen molar-refractivity contribution in [1.82, 2.24) is 0 Å². The molecule has 3 aromatic rings. The fraction of sp³-hybridized carbons (Fsp3) is 0.240. The number of ether oxygens (including phenoxy) is 3. The lowest BCUT2D eigenvalue weighted by atomic mass is 10.2. The standard InChI is InChI=1S/C25H28N2O4/c1-4-30-23-14-8-20(9-15-23)26-25(28)27(18-19-6-12-22(29-3)13-7-19)21-10-16-24(17-11-21)31-5-2/h6-17H,4-5,18H2,1-3H3,(H,26,28). The molecular weight excluding hydrogens is 392 g/mol. The maximum atomic E-state index is 13.2. The molecule has 0 radical (unpaired) electrons. The van der Waals surface area contributed by atoms with Crippen LogP contribution in [0.25, 0.3) is 0 Å². The zero-order valence-electron chi connectivity index (χ0n) is 18.1. The van der Waals surface area contributed by atoms with Crippen molar-refractivity contribution >= 4 is 17.4 Å². The van der Waals surface area contributed by atoms with Crippen LogP contribution >= 0.6 is 0 Å². The average Bonchev–Trinajstić information content (AvgIpc) is 2.80. The van der Waals surface area contributed by atoms with Crippen molar-refractivity contribution in [2.75, 3.05) is 30.5 Å². The summed E-state index contributed by atoms with van der Waals surface area (Å²) in [6.45, 7) is 5.46. The van der Waals surface area contributed by atoms with E-state index in [1.807, 2.05) is 86.6 Å². The fourth-order valence-electron chi connectivity index (χ4n) is 3.07. The van der Waals surface area contributed by atoms with Gasteiger partial charge in [0.25, 0.3) is 0 Å². The van der Waals surface area contributed by atoms with Gasteiger partial charge in [0, 0.05) is 11.4 Å². The van der Waals surface area contributed by atoms with Crippen LogP contribution in [0.5, 0.6) is 17.2 Å². The van der Waals surface area contributed by atoms with Crippen LogP contribution in [-0.4, -0.2) is 26.4 Å². The molecule has 0 spiro atoms. The van der Waals surface area contributed by atoms with Crippen LogP contribution in [0.4, 0.5) is 16.2 Å². The largest absolute Gasteiger partial charge is 0.497 e. The summed E-state index contributed by atoms with van der Waals surface area (Å²) in [5, 5.41) is 2.97. The lowest BCUT2D eigenvalue weighted by Crippen LogP contribution is -2.34. The Balaban J connectivity index is 1.81. The first-order valence-electron chi connectivity index (χ1n) is 10.3. The van der Waals surface area contributed by atoms with E-state index in [0.717, 1.165) is 28.5 Å². The molecule has 3 aromatic carbocycles. The van der Waals surface area contributed by atoms with Gasteiger partial charge in [-0.05, 0) is 80.1 Å². The molecule has 31 heavy (non-hydrogen) atoms. The second-order valence-corrected chi connectivity index (χ2v) is 6.75. The van der Waals surface area contributed by atoms with Crippen LogP contribution in [0.15, 0.2) is 72.8 Å². The summed E-state index contributed by atoms with van der Waals surface area (Å²) in [6, 6.07) is 22.3. The average molecular weight is 421 g/mol. The van der Waals surface area contributed by atoms with Gasteiger partial charge in [0.1, 0.15) is 17.2 Å². The molecule has 0 aromatic heterocycles. The molecule has 0 fully saturated rings. The van der Waals surface area contributed by atoms with E-state index in [2.05, 4.69) is 5.32 Å². The number of benzene rings is 3. The molecule has 1 N–H and O–H groups in total. The Morgan fingerprint density at radius 2 is 1.29 bits per heavy atom. The number of amides is 2. The van der Waals surface area contributed by atoms with Gasteiger partial charge in [0.2, 0.25) is 0 Å². The zero-order valence-corrected chi connectivity index (χ0v) is 18.1. The Labute approximate surface area is 183 Å². The second-order valence-electron chi connectivity index (χ2n) is 6.75. The zero-order chi connectivity index (χ0) is 22.1. The quantitative estimate of drug-likeness (QED) is 0.480. The van der Waals surface area contributed by atoms with Crippen LogP contribution in [-0.2, 0) is 6.54 Å². The van der Waals surface area contributed by atoms with Crippen LogP contribution in [0.3, 0.4) is 0 Å². The van der Waals surface area contributed by atoms with Crippen molar-refractivity contribution in [1.29, 1.82) is 0 Å². The molecule has 0 aliphatic rings. The summed E-state index contributed by atoms with van der Waals surface area (Å²) in [5.74, 6) is 2.31. The molecule has 0 heterocycles. The minimum Gasteiger partial charge on any atom is -0.497 e. The van der Waals surface area contributed by atoms with Crippen LogP contribution in [0, 0.1) is 0 Å². The number of methoxy groups -OCH3 is 1. The number of carbonyl (C=O) groups excluding carboxylic acids is 1. The number of nitrogens with zero attached hydrogens (tertiary/aromatic N) is 1. The molecule has 0 aliphatic heterocycles. The van der Waals surface area contributed by atoms with E-state index in [4.69, 9.17) is 14.2 Å². The normalized spacial score (nSPS) is 10.3. The maximum absolute atomic E-state index is 13.2. The van der Waals surface area contributed by atoms with Crippen molar-refractivity contribution in [3.05, 3.63) is 78.4 Å². The Hall–Kier alpha value is -3.67. The minimum absolute atomic E-state index is 0.232. The predicted octanol–water partition coefficient (Wildman–Crippen LogP) is 5.73. The van der Waals surface area contributed by atoms with Crippen LogP contribution in [0.2, 0.25) is 0 Å².